The van der Waals surface area contributed by atoms with E-state index in [1.54, 1.807) is 31.2 Å². The first-order valence-corrected chi connectivity index (χ1v) is 5.53. The summed E-state index contributed by atoms with van der Waals surface area (Å²) >= 11 is 0. The lowest BCUT2D eigenvalue weighted by atomic mass is 10.1. The zero-order chi connectivity index (χ0) is 13.0. The van der Waals surface area contributed by atoms with Gasteiger partial charge in [0.25, 0.3) is 5.91 Å². The molecular weight excluding hydrogens is 230 g/mol. The molecule has 18 heavy (non-hydrogen) atoms. The predicted octanol–water partition coefficient (Wildman–Crippen LogP) is 1.78. The van der Waals surface area contributed by atoms with Crippen LogP contribution in [0.25, 0.3) is 0 Å². The number of aromatic nitrogens is 2. The maximum atomic E-state index is 11.9. The van der Waals surface area contributed by atoms with Gasteiger partial charge in [0.1, 0.15) is 5.69 Å². The van der Waals surface area contributed by atoms with Gasteiger partial charge in [-0.05, 0) is 13.0 Å². The van der Waals surface area contributed by atoms with Crippen LogP contribution in [0.4, 0.5) is 5.69 Å². The largest absolute Gasteiger partial charge is 0.389 e. The van der Waals surface area contributed by atoms with E-state index in [1.807, 2.05) is 0 Å². The number of rotatable bonds is 3. The molecule has 2 aromatic rings. The van der Waals surface area contributed by atoms with Crippen LogP contribution in [0.15, 0.2) is 42.9 Å². The number of amides is 1. The minimum Gasteiger partial charge on any atom is -0.389 e. The fourth-order valence-electron chi connectivity index (χ4n) is 1.58. The number of hydrogen-bond donors (Lipinski definition) is 2. The van der Waals surface area contributed by atoms with E-state index in [-0.39, 0.29) is 11.6 Å². The lowest BCUT2D eigenvalue weighted by Crippen LogP contribution is -2.15. The fraction of sp³-hybridized carbons (Fsp3) is 0.154. The van der Waals surface area contributed by atoms with Crippen LogP contribution < -0.4 is 5.32 Å². The molecule has 1 amide bonds. The van der Waals surface area contributed by atoms with Crippen molar-refractivity contribution in [3.8, 4) is 0 Å². The molecule has 92 valence electrons. The predicted molar refractivity (Wildman–Crippen MR) is 67.1 cm³/mol. The van der Waals surface area contributed by atoms with E-state index in [0.717, 1.165) is 0 Å². The van der Waals surface area contributed by atoms with Gasteiger partial charge in [0.2, 0.25) is 0 Å². The monoisotopic (exact) mass is 243 g/mol. The number of anilines is 1. The van der Waals surface area contributed by atoms with Crippen LogP contribution >= 0.6 is 0 Å². The molecule has 0 bridgehead atoms. The molecule has 0 spiro atoms. The Bertz CT molecular complexity index is 541. The van der Waals surface area contributed by atoms with Crippen molar-refractivity contribution in [3.63, 3.8) is 0 Å². The summed E-state index contributed by atoms with van der Waals surface area (Å²) in [6, 6.07) is 7.09. The van der Waals surface area contributed by atoms with Crippen LogP contribution in [-0.2, 0) is 0 Å². The van der Waals surface area contributed by atoms with Crippen LogP contribution in [0.2, 0.25) is 0 Å². The van der Waals surface area contributed by atoms with Gasteiger partial charge in [0, 0.05) is 23.6 Å². The lowest BCUT2D eigenvalue weighted by Gasteiger charge is -2.12. The number of benzene rings is 1. The number of carbonyl (C=O) groups is 1. The van der Waals surface area contributed by atoms with E-state index in [4.69, 9.17) is 0 Å². The van der Waals surface area contributed by atoms with Crippen molar-refractivity contribution in [2.24, 2.45) is 0 Å². The Hall–Kier alpha value is -2.27. The molecule has 2 N–H and O–H groups in total. The number of hydrogen-bond acceptors (Lipinski definition) is 4. The Morgan fingerprint density at radius 3 is 2.78 bits per heavy atom. The van der Waals surface area contributed by atoms with Crippen molar-refractivity contribution in [2.75, 3.05) is 5.32 Å². The van der Waals surface area contributed by atoms with Crippen molar-refractivity contribution >= 4 is 11.6 Å². The average Bonchev–Trinajstić information content (AvgIpc) is 2.40. The molecule has 5 nitrogen and oxygen atoms in total. The minimum atomic E-state index is -0.650. The van der Waals surface area contributed by atoms with Crippen LogP contribution in [0.5, 0.6) is 0 Å². The van der Waals surface area contributed by atoms with E-state index in [1.165, 1.54) is 18.6 Å². The van der Waals surface area contributed by atoms with Crippen molar-refractivity contribution in [1.82, 2.24) is 9.97 Å². The second-order valence-corrected chi connectivity index (χ2v) is 3.81. The molecule has 0 fully saturated rings. The molecule has 1 atom stereocenters. The summed E-state index contributed by atoms with van der Waals surface area (Å²) in [6.45, 7) is 1.65. The number of carbonyl (C=O) groups excluding carboxylic acids is 1. The molecule has 5 heteroatoms. The SMILES string of the molecule is CC(O)c1ccccc1NC(=O)c1cnccn1. The van der Waals surface area contributed by atoms with Crippen molar-refractivity contribution in [1.29, 1.82) is 0 Å². The molecule has 0 radical (unpaired) electrons. The Morgan fingerprint density at radius 1 is 1.33 bits per heavy atom. The van der Waals surface area contributed by atoms with Crippen LogP contribution in [0.3, 0.4) is 0 Å². The zero-order valence-electron chi connectivity index (χ0n) is 9.87. The first-order chi connectivity index (χ1) is 8.68. The lowest BCUT2D eigenvalue weighted by molar-refractivity contribution is 0.102. The summed E-state index contributed by atoms with van der Waals surface area (Å²) in [6.07, 6.45) is 3.69. The topological polar surface area (TPSA) is 75.1 Å². The number of para-hydroxylation sites is 1. The zero-order valence-corrected chi connectivity index (χ0v) is 9.87. The van der Waals surface area contributed by atoms with E-state index < -0.39 is 6.10 Å². The molecule has 1 heterocycles. The summed E-state index contributed by atoms with van der Waals surface area (Å²) in [5.74, 6) is -0.351. The fourth-order valence-corrected chi connectivity index (χ4v) is 1.58. The highest BCUT2D eigenvalue weighted by Gasteiger charge is 2.12. The summed E-state index contributed by atoms with van der Waals surface area (Å²) in [7, 11) is 0. The summed E-state index contributed by atoms with van der Waals surface area (Å²) in [4.78, 5) is 19.6. The summed E-state index contributed by atoms with van der Waals surface area (Å²) in [5, 5.41) is 12.3. The number of aliphatic hydroxyl groups excluding tert-OH is 1. The first kappa shape index (κ1) is 12.2. The van der Waals surface area contributed by atoms with Gasteiger partial charge in [0.05, 0.1) is 12.3 Å². The molecule has 0 aliphatic heterocycles. The normalized spacial score (nSPS) is 11.9. The molecule has 0 aliphatic rings. The van der Waals surface area contributed by atoms with E-state index in [0.29, 0.717) is 11.3 Å². The highest BCUT2D eigenvalue weighted by atomic mass is 16.3. The van der Waals surface area contributed by atoms with E-state index >= 15 is 0 Å². The highest BCUT2D eigenvalue weighted by molar-refractivity contribution is 6.03. The summed E-state index contributed by atoms with van der Waals surface area (Å²) < 4.78 is 0. The smallest absolute Gasteiger partial charge is 0.275 e. The van der Waals surface area contributed by atoms with Crippen molar-refractivity contribution < 1.29 is 9.90 Å². The minimum absolute atomic E-state index is 0.234. The molecule has 1 aromatic heterocycles. The van der Waals surface area contributed by atoms with Gasteiger partial charge >= 0.3 is 0 Å². The number of nitrogens with one attached hydrogen (secondary N) is 1. The molecular formula is C13H13N3O2. The second kappa shape index (κ2) is 5.37. The quantitative estimate of drug-likeness (QED) is 0.861. The van der Waals surface area contributed by atoms with Gasteiger partial charge < -0.3 is 10.4 Å². The van der Waals surface area contributed by atoms with Gasteiger partial charge in [-0.1, -0.05) is 18.2 Å². The summed E-state index contributed by atoms with van der Waals surface area (Å²) in [5.41, 5.74) is 1.47. The average molecular weight is 243 g/mol. The standard InChI is InChI=1S/C13H13N3O2/c1-9(17)10-4-2-3-5-11(10)16-13(18)12-8-14-6-7-15-12/h2-9,17H,1H3,(H,16,18). The Balaban J connectivity index is 2.22. The van der Waals surface area contributed by atoms with Crippen molar-refractivity contribution in [3.05, 3.63) is 54.1 Å². The van der Waals surface area contributed by atoms with Crippen LogP contribution in [0.1, 0.15) is 29.1 Å². The molecule has 0 saturated carbocycles. The van der Waals surface area contributed by atoms with Crippen LogP contribution in [-0.4, -0.2) is 21.0 Å². The maximum Gasteiger partial charge on any atom is 0.275 e. The Morgan fingerprint density at radius 2 is 2.11 bits per heavy atom. The molecule has 1 unspecified atom stereocenters. The van der Waals surface area contributed by atoms with E-state index in [2.05, 4.69) is 15.3 Å². The number of aliphatic hydroxyl groups is 1. The maximum absolute atomic E-state index is 11.9. The third-order valence-electron chi connectivity index (χ3n) is 2.45. The van der Waals surface area contributed by atoms with Crippen molar-refractivity contribution in [2.45, 2.75) is 13.0 Å². The van der Waals surface area contributed by atoms with E-state index in [9.17, 15) is 9.90 Å². The highest BCUT2D eigenvalue weighted by Crippen LogP contribution is 2.22. The van der Waals surface area contributed by atoms with Gasteiger partial charge in [0.15, 0.2) is 0 Å². The Labute approximate surface area is 105 Å². The van der Waals surface area contributed by atoms with Gasteiger partial charge in [-0.2, -0.15) is 0 Å². The van der Waals surface area contributed by atoms with Gasteiger partial charge in [-0.25, -0.2) is 4.98 Å². The molecule has 1 aromatic carbocycles. The first-order valence-electron chi connectivity index (χ1n) is 5.53. The second-order valence-electron chi connectivity index (χ2n) is 3.81. The van der Waals surface area contributed by atoms with Gasteiger partial charge in [-0.15, -0.1) is 0 Å². The van der Waals surface area contributed by atoms with Gasteiger partial charge in [-0.3, -0.25) is 9.78 Å². The Kier molecular flexibility index (Phi) is 3.64. The third-order valence-corrected chi connectivity index (χ3v) is 2.45. The molecule has 2 rings (SSSR count). The molecule has 0 aliphatic carbocycles. The van der Waals surface area contributed by atoms with Crippen LogP contribution in [0, 0.1) is 0 Å². The molecule has 0 saturated heterocycles. The third kappa shape index (κ3) is 2.70. The number of nitrogens with zero attached hydrogens (tertiary/aromatic N) is 2.